The zero-order valence-electron chi connectivity index (χ0n) is 7.78. The molecule has 0 saturated heterocycles. The van der Waals surface area contributed by atoms with Gasteiger partial charge in [-0.3, -0.25) is 0 Å². The molecule has 0 fully saturated rings. The second-order valence-corrected chi connectivity index (χ2v) is 2.56. The van der Waals surface area contributed by atoms with Crippen LogP contribution in [0.2, 0.25) is 0 Å². The molecule has 0 atom stereocenters. The molecule has 0 aliphatic carbocycles. The van der Waals surface area contributed by atoms with Crippen LogP contribution < -0.4 is 4.74 Å². The lowest BCUT2D eigenvalue weighted by atomic mass is 10.2. The summed E-state index contributed by atoms with van der Waals surface area (Å²) in [6.45, 7) is 0.380. The maximum atomic E-state index is 8.92. The quantitative estimate of drug-likeness (QED) is 0.747. The third-order valence-corrected chi connectivity index (χ3v) is 1.65. The van der Waals surface area contributed by atoms with Gasteiger partial charge in [-0.15, -0.1) is 0 Å². The highest BCUT2D eigenvalue weighted by atomic mass is 16.5. The molecule has 0 spiro atoms. The van der Waals surface area contributed by atoms with E-state index in [1.807, 2.05) is 0 Å². The minimum atomic E-state index is -0.0660. The molecule has 0 aliphatic heterocycles. The van der Waals surface area contributed by atoms with Crippen molar-refractivity contribution < 1.29 is 14.6 Å². The summed E-state index contributed by atoms with van der Waals surface area (Å²) < 4.78 is 9.92. The molecule has 1 aromatic rings. The molecule has 0 saturated carbocycles. The highest BCUT2D eigenvalue weighted by Crippen LogP contribution is 2.15. The van der Waals surface area contributed by atoms with Crippen molar-refractivity contribution >= 4 is 0 Å². The second-order valence-electron chi connectivity index (χ2n) is 2.56. The number of ether oxygens (including phenoxy) is 2. The first-order valence-corrected chi connectivity index (χ1v) is 3.94. The predicted octanol–water partition coefficient (Wildman–Crippen LogP) is 0.729. The molecule has 0 radical (unpaired) electrons. The SMILES string of the molecule is COCc1ccc(CO)c(OC)n1. The van der Waals surface area contributed by atoms with Gasteiger partial charge >= 0.3 is 0 Å². The summed E-state index contributed by atoms with van der Waals surface area (Å²) in [5.74, 6) is 0.456. The Labute approximate surface area is 77.1 Å². The minimum Gasteiger partial charge on any atom is -0.481 e. The van der Waals surface area contributed by atoms with Crippen LogP contribution >= 0.6 is 0 Å². The molecule has 0 amide bonds. The maximum Gasteiger partial charge on any atom is 0.218 e. The lowest BCUT2D eigenvalue weighted by Crippen LogP contribution is -1.99. The van der Waals surface area contributed by atoms with Gasteiger partial charge in [-0.05, 0) is 12.1 Å². The summed E-state index contributed by atoms with van der Waals surface area (Å²) in [6, 6.07) is 3.58. The van der Waals surface area contributed by atoms with Crippen LogP contribution in [0.4, 0.5) is 0 Å². The summed E-state index contributed by atoms with van der Waals surface area (Å²) in [5.41, 5.74) is 1.47. The Morgan fingerprint density at radius 1 is 1.38 bits per heavy atom. The lowest BCUT2D eigenvalue weighted by Gasteiger charge is -2.06. The van der Waals surface area contributed by atoms with Crippen molar-refractivity contribution in [3.8, 4) is 5.88 Å². The molecule has 1 heterocycles. The fourth-order valence-electron chi connectivity index (χ4n) is 1.03. The average Bonchev–Trinajstić information content (AvgIpc) is 2.18. The third-order valence-electron chi connectivity index (χ3n) is 1.65. The Kier molecular flexibility index (Phi) is 3.67. The van der Waals surface area contributed by atoms with Crippen molar-refractivity contribution in [2.24, 2.45) is 0 Å². The van der Waals surface area contributed by atoms with Crippen LogP contribution in [0.1, 0.15) is 11.3 Å². The fraction of sp³-hybridized carbons (Fsp3) is 0.444. The highest BCUT2D eigenvalue weighted by Gasteiger charge is 2.04. The van der Waals surface area contributed by atoms with Gasteiger partial charge in [0.15, 0.2) is 0 Å². The summed E-state index contributed by atoms with van der Waals surface area (Å²) in [5, 5.41) is 8.92. The molecular weight excluding hydrogens is 170 g/mol. The molecular formula is C9H13NO3. The van der Waals surface area contributed by atoms with Crippen molar-refractivity contribution in [2.75, 3.05) is 14.2 Å². The van der Waals surface area contributed by atoms with Crippen molar-refractivity contribution in [2.45, 2.75) is 13.2 Å². The minimum absolute atomic E-state index is 0.0660. The summed E-state index contributed by atoms with van der Waals surface area (Å²) in [7, 11) is 3.13. The van der Waals surface area contributed by atoms with Gasteiger partial charge in [0.05, 0.1) is 26.0 Å². The van der Waals surface area contributed by atoms with Crippen LogP contribution in [0, 0.1) is 0 Å². The molecule has 0 aliphatic rings. The van der Waals surface area contributed by atoms with E-state index >= 15 is 0 Å². The van der Waals surface area contributed by atoms with E-state index in [2.05, 4.69) is 4.98 Å². The molecule has 0 aromatic carbocycles. The maximum absolute atomic E-state index is 8.92. The van der Waals surface area contributed by atoms with Crippen LogP contribution in [-0.4, -0.2) is 24.3 Å². The molecule has 0 bridgehead atoms. The van der Waals surface area contributed by atoms with E-state index < -0.39 is 0 Å². The Hall–Kier alpha value is -1.13. The van der Waals surface area contributed by atoms with E-state index in [-0.39, 0.29) is 6.61 Å². The topological polar surface area (TPSA) is 51.6 Å². The van der Waals surface area contributed by atoms with Gasteiger partial charge in [0.1, 0.15) is 0 Å². The number of hydrogen-bond acceptors (Lipinski definition) is 4. The van der Waals surface area contributed by atoms with Crippen molar-refractivity contribution in [3.05, 3.63) is 23.4 Å². The van der Waals surface area contributed by atoms with Crippen LogP contribution in [0.15, 0.2) is 12.1 Å². The van der Waals surface area contributed by atoms with Crippen LogP contribution in [0.3, 0.4) is 0 Å². The predicted molar refractivity (Wildman–Crippen MR) is 47.4 cm³/mol. The van der Waals surface area contributed by atoms with E-state index in [4.69, 9.17) is 14.6 Å². The van der Waals surface area contributed by atoms with Gasteiger partial charge in [-0.1, -0.05) is 0 Å². The van der Waals surface area contributed by atoms with E-state index in [9.17, 15) is 0 Å². The zero-order valence-corrected chi connectivity index (χ0v) is 7.78. The Balaban J connectivity index is 2.91. The number of pyridine rings is 1. The molecule has 4 heteroatoms. The monoisotopic (exact) mass is 183 g/mol. The number of aliphatic hydroxyl groups is 1. The Bertz CT molecular complexity index is 276. The standard InChI is InChI=1S/C9H13NO3/c1-12-6-8-4-3-7(5-11)9(10-8)13-2/h3-4,11H,5-6H2,1-2H3. The number of aromatic nitrogens is 1. The van der Waals surface area contributed by atoms with E-state index in [1.165, 1.54) is 7.11 Å². The normalized spacial score (nSPS) is 10.1. The third kappa shape index (κ3) is 2.40. The Morgan fingerprint density at radius 3 is 2.69 bits per heavy atom. The first kappa shape index (κ1) is 9.95. The molecule has 4 nitrogen and oxygen atoms in total. The van der Waals surface area contributed by atoms with Crippen LogP contribution in [0.25, 0.3) is 0 Å². The fourth-order valence-corrected chi connectivity index (χ4v) is 1.03. The number of nitrogens with zero attached hydrogens (tertiary/aromatic N) is 1. The summed E-state index contributed by atoms with van der Waals surface area (Å²) >= 11 is 0. The molecule has 1 rings (SSSR count). The summed E-state index contributed by atoms with van der Waals surface area (Å²) in [6.07, 6.45) is 0. The smallest absolute Gasteiger partial charge is 0.218 e. The van der Waals surface area contributed by atoms with Gasteiger partial charge in [0.25, 0.3) is 0 Å². The number of rotatable bonds is 4. The van der Waals surface area contributed by atoms with Crippen molar-refractivity contribution in [1.29, 1.82) is 0 Å². The van der Waals surface area contributed by atoms with Gasteiger partial charge < -0.3 is 14.6 Å². The largest absolute Gasteiger partial charge is 0.481 e. The molecule has 0 unspecified atom stereocenters. The van der Waals surface area contributed by atoms with Gasteiger partial charge in [0.2, 0.25) is 5.88 Å². The highest BCUT2D eigenvalue weighted by molar-refractivity contribution is 5.27. The van der Waals surface area contributed by atoms with Crippen LogP contribution in [-0.2, 0) is 18.0 Å². The summed E-state index contributed by atoms with van der Waals surface area (Å²) in [4.78, 5) is 4.14. The average molecular weight is 183 g/mol. The number of aliphatic hydroxyl groups excluding tert-OH is 1. The molecule has 72 valence electrons. The first-order chi connectivity index (χ1) is 6.31. The van der Waals surface area contributed by atoms with Gasteiger partial charge in [-0.25, -0.2) is 4.98 Å². The van der Waals surface area contributed by atoms with E-state index in [0.29, 0.717) is 18.1 Å². The zero-order chi connectivity index (χ0) is 9.68. The second kappa shape index (κ2) is 4.79. The van der Waals surface area contributed by atoms with Crippen LogP contribution in [0.5, 0.6) is 5.88 Å². The Morgan fingerprint density at radius 2 is 2.15 bits per heavy atom. The lowest BCUT2D eigenvalue weighted by molar-refractivity contribution is 0.180. The van der Waals surface area contributed by atoms with E-state index in [0.717, 1.165) is 5.69 Å². The van der Waals surface area contributed by atoms with Gasteiger partial charge in [-0.2, -0.15) is 0 Å². The number of methoxy groups -OCH3 is 2. The number of hydrogen-bond donors (Lipinski definition) is 1. The molecule has 1 N–H and O–H groups in total. The van der Waals surface area contributed by atoms with Crippen molar-refractivity contribution in [3.63, 3.8) is 0 Å². The van der Waals surface area contributed by atoms with E-state index in [1.54, 1.807) is 19.2 Å². The van der Waals surface area contributed by atoms with Crippen molar-refractivity contribution in [1.82, 2.24) is 4.98 Å². The molecule has 13 heavy (non-hydrogen) atoms. The van der Waals surface area contributed by atoms with Gasteiger partial charge in [0, 0.05) is 12.7 Å². The first-order valence-electron chi connectivity index (χ1n) is 3.94. The molecule has 1 aromatic heterocycles.